The van der Waals surface area contributed by atoms with Crippen molar-refractivity contribution in [2.24, 2.45) is 0 Å². The first-order valence-corrected chi connectivity index (χ1v) is 5.19. The SMILES string of the molecule is CC(=O)SC1CCOC(C)(C)C1. The topological polar surface area (TPSA) is 26.3 Å². The molecule has 1 aliphatic heterocycles. The Morgan fingerprint density at radius 2 is 2.25 bits per heavy atom. The molecule has 1 heterocycles. The van der Waals surface area contributed by atoms with Crippen LogP contribution in [0, 0.1) is 0 Å². The van der Waals surface area contributed by atoms with Gasteiger partial charge in [-0.05, 0) is 26.7 Å². The third kappa shape index (κ3) is 3.15. The minimum atomic E-state index is -0.0363. The van der Waals surface area contributed by atoms with Gasteiger partial charge in [-0.15, -0.1) is 0 Å². The number of hydrogen-bond donors (Lipinski definition) is 0. The molecule has 0 aromatic carbocycles. The van der Waals surface area contributed by atoms with Crippen molar-refractivity contribution in [2.45, 2.75) is 44.5 Å². The lowest BCUT2D eigenvalue weighted by Gasteiger charge is -2.34. The molecule has 0 aliphatic carbocycles. The molecule has 1 unspecified atom stereocenters. The summed E-state index contributed by atoms with van der Waals surface area (Å²) < 4.78 is 5.55. The summed E-state index contributed by atoms with van der Waals surface area (Å²) in [7, 11) is 0. The summed E-state index contributed by atoms with van der Waals surface area (Å²) in [5, 5.41) is 0.684. The van der Waals surface area contributed by atoms with Gasteiger partial charge in [-0.3, -0.25) is 4.79 Å². The molecular formula is C9H16O2S. The zero-order valence-electron chi connectivity index (χ0n) is 7.92. The molecule has 0 saturated carbocycles. The summed E-state index contributed by atoms with van der Waals surface area (Å²) in [6, 6.07) is 0. The summed E-state index contributed by atoms with van der Waals surface area (Å²) in [6.07, 6.45) is 1.99. The average Bonchev–Trinajstić information content (AvgIpc) is 1.82. The number of hydrogen-bond acceptors (Lipinski definition) is 3. The molecule has 0 radical (unpaired) electrons. The van der Waals surface area contributed by atoms with Crippen LogP contribution >= 0.6 is 11.8 Å². The van der Waals surface area contributed by atoms with Crippen LogP contribution in [0.3, 0.4) is 0 Å². The zero-order chi connectivity index (χ0) is 9.19. The number of carbonyl (C=O) groups is 1. The molecule has 1 saturated heterocycles. The number of ether oxygens (including phenoxy) is 1. The zero-order valence-corrected chi connectivity index (χ0v) is 8.74. The van der Waals surface area contributed by atoms with E-state index in [1.165, 1.54) is 11.8 Å². The maximum absolute atomic E-state index is 10.8. The van der Waals surface area contributed by atoms with Crippen molar-refractivity contribution in [1.82, 2.24) is 0 Å². The van der Waals surface area contributed by atoms with Crippen LogP contribution in [0.1, 0.15) is 33.6 Å². The van der Waals surface area contributed by atoms with Crippen molar-refractivity contribution in [2.75, 3.05) is 6.61 Å². The van der Waals surface area contributed by atoms with E-state index in [4.69, 9.17) is 4.74 Å². The predicted octanol–water partition coefficient (Wildman–Crippen LogP) is 2.22. The number of rotatable bonds is 1. The molecular weight excluding hydrogens is 172 g/mol. The first kappa shape index (κ1) is 10.1. The highest BCUT2D eigenvalue weighted by Gasteiger charge is 2.29. The second-order valence-electron chi connectivity index (χ2n) is 3.83. The minimum absolute atomic E-state index is 0.0363. The standard InChI is InChI=1S/C9H16O2S/c1-7(10)12-8-4-5-11-9(2,3)6-8/h8H,4-6H2,1-3H3. The van der Waals surface area contributed by atoms with Crippen molar-refractivity contribution >= 4 is 16.9 Å². The van der Waals surface area contributed by atoms with E-state index in [1.54, 1.807) is 6.92 Å². The predicted molar refractivity (Wildman–Crippen MR) is 51.3 cm³/mol. The molecule has 2 nitrogen and oxygen atoms in total. The summed E-state index contributed by atoms with van der Waals surface area (Å²) in [5.41, 5.74) is -0.0363. The molecule has 3 heteroatoms. The maximum Gasteiger partial charge on any atom is 0.186 e. The lowest BCUT2D eigenvalue weighted by Crippen LogP contribution is -2.35. The Balaban J connectivity index is 2.41. The van der Waals surface area contributed by atoms with Gasteiger partial charge in [0.05, 0.1) is 5.60 Å². The second-order valence-corrected chi connectivity index (χ2v) is 5.31. The molecule has 0 spiro atoms. The van der Waals surface area contributed by atoms with Crippen LogP contribution in [0.2, 0.25) is 0 Å². The Kier molecular flexibility index (Phi) is 3.18. The smallest absolute Gasteiger partial charge is 0.186 e. The fraction of sp³-hybridized carbons (Fsp3) is 0.889. The van der Waals surface area contributed by atoms with Crippen molar-refractivity contribution < 1.29 is 9.53 Å². The Labute approximate surface area is 78.1 Å². The first-order chi connectivity index (χ1) is 5.49. The van der Waals surface area contributed by atoms with Gasteiger partial charge in [0.15, 0.2) is 5.12 Å². The average molecular weight is 188 g/mol. The molecule has 0 amide bonds. The Bertz CT molecular complexity index is 177. The van der Waals surface area contributed by atoms with Gasteiger partial charge in [0, 0.05) is 18.8 Å². The summed E-state index contributed by atoms with van der Waals surface area (Å²) in [5.74, 6) is 0. The maximum atomic E-state index is 10.8. The molecule has 1 aliphatic rings. The number of thioether (sulfide) groups is 1. The van der Waals surface area contributed by atoms with Crippen LogP contribution in [0.5, 0.6) is 0 Å². The molecule has 12 heavy (non-hydrogen) atoms. The fourth-order valence-electron chi connectivity index (χ4n) is 1.51. The lowest BCUT2D eigenvalue weighted by molar-refractivity contribution is -0.109. The Hall–Kier alpha value is -0.0200. The number of carbonyl (C=O) groups excluding carboxylic acids is 1. The van der Waals surface area contributed by atoms with E-state index in [-0.39, 0.29) is 10.7 Å². The summed E-state index contributed by atoms with van der Waals surface area (Å²) >= 11 is 1.46. The highest BCUT2D eigenvalue weighted by atomic mass is 32.2. The van der Waals surface area contributed by atoms with Gasteiger partial charge >= 0.3 is 0 Å². The Morgan fingerprint density at radius 1 is 1.58 bits per heavy atom. The molecule has 0 aromatic heterocycles. The largest absolute Gasteiger partial charge is 0.375 e. The highest BCUT2D eigenvalue weighted by molar-refractivity contribution is 8.14. The Morgan fingerprint density at radius 3 is 2.75 bits per heavy atom. The molecule has 1 atom stereocenters. The van der Waals surface area contributed by atoms with Gasteiger partial charge < -0.3 is 4.74 Å². The van der Waals surface area contributed by atoms with Crippen LogP contribution < -0.4 is 0 Å². The third-order valence-corrected chi connectivity index (χ3v) is 3.05. The lowest BCUT2D eigenvalue weighted by atomic mass is 9.98. The van der Waals surface area contributed by atoms with Crippen LogP contribution in [0.4, 0.5) is 0 Å². The van der Waals surface area contributed by atoms with Gasteiger partial charge in [0.2, 0.25) is 0 Å². The van der Waals surface area contributed by atoms with Crippen LogP contribution in [0.15, 0.2) is 0 Å². The molecule has 70 valence electrons. The summed E-state index contributed by atoms with van der Waals surface area (Å²) in [4.78, 5) is 10.8. The van der Waals surface area contributed by atoms with Crippen molar-refractivity contribution in [3.05, 3.63) is 0 Å². The van der Waals surface area contributed by atoms with Gasteiger partial charge in [0.1, 0.15) is 0 Å². The normalized spacial score (nSPS) is 28.4. The van der Waals surface area contributed by atoms with E-state index in [2.05, 4.69) is 13.8 Å². The van der Waals surface area contributed by atoms with E-state index in [0.29, 0.717) is 5.25 Å². The van der Waals surface area contributed by atoms with E-state index in [0.717, 1.165) is 19.4 Å². The van der Waals surface area contributed by atoms with Crippen LogP contribution in [0.25, 0.3) is 0 Å². The highest BCUT2D eigenvalue weighted by Crippen LogP contribution is 2.31. The van der Waals surface area contributed by atoms with Gasteiger partial charge in [-0.25, -0.2) is 0 Å². The molecule has 0 aromatic rings. The van der Waals surface area contributed by atoms with E-state index >= 15 is 0 Å². The second kappa shape index (κ2) is 3.79. The van der Waals surface area contributed by atoms with Crippen molar-refractivity contribution in [3.63, 3.8) is 0 Å². The molecule has 1 fully saturated rings. The quantitative estimate of drug-likeness (QED) is 0.631. The van der Waals surface area contributed by atoms with E-state index in [1.807, 2.05) is 0 Å². The van der Waals surface area contributed by atoms with E-state index in [9.17, 15) is 4.79 Å². The van der Waals surface area contributed by atoms with Crippen molar-refractivity contribution in [1.29, 1.82) is 0 Å². The summed E-state index contributed by atoms with van der Waals surface area (Å²) in [6.45, 7) is 6.59. The molecule has 1 rings (SSSR count). The van der Waals surface area contributed by atoms with Crippen LogP contribution in [-0.4, -0.2) is 22.6 Å². The van der Waals surface area contributed by atoms with Gasteiger partial charge in [0.25, 0.3) is 0 Å². The minimum Gasteiger partial charge on any atom is -0.375 e. The van der Waals surface area contributed by atoms with Crippen molar-refractivity contribution in [3.8, 4) is 0 Å². The monoisotopic (exact) mass is 188 g/mol. The van der Waals surface area contributed by atoms with Gasteiger partial charge in [-0.2, -0.15) is 0 Å². The molecule has 0 bridgehead atoms. The molecule has 0 N–H and O–H groups in total. The van der Waals surface area contributed by atoms with E-state index < -0.39 is 0 Å². The van der Waals surface area contributed by atoms with Crippen LogP contribution in [-0.2, 0) is 9.53 Å². The van der Waals surface area contributed by atoms with Gasteiger partial charge in [-0.1, -0.05) is 11.8 Å². The first-order valence-electron chi connectivity index (χ1n) is 4.31. The third-order valence-electron chi connectivity index (χ3n) is 1.98. The fourth-order valence-corrected chi connectivity index (χ4v) is 2.68.